The molecule has 1 aromatic carbocycles. The quantitative estimate of drug-likeness (QED) is 0.692. The SMILES string of the molecule is O=c1[nH]c2c(C(F)(F)F)ccc(-c3cnc(C4CC4)c(C(F)F)n3)c2o1. The van der Waals surface area contributed by atoms with Crippen LogP contribution < -0.4 is 5.76 Å². The Morgan fingerprint density at radius 1 is 1.23 bits per heavy atom. The van der Waals surface area contributed by atoms with Crippen LogP contribution in [0.3, 0.4) is 0 Å². The number of hydrogen-bond donors (Lipinski definition) is 1. The largest absolute Gasteiger partial charge is 0.418 e. The lowest BCUT2D eigenvalue weighted by Crippen LogP contribution is -2.07. The Morgan fingerprint density at radius 3 is 2.58 bits per heavy atom. The number of aromatic nitrogens is 3. The van der Waals surface area contributed by atoms with Crippen LogP contribution in [-0.2, 0) is 6.18 Å². The van der Waals surface area contributed by atoms with Gasteiger partial charge in [-0.25, -0.2) is 18.6 Å². The van der Waals surface area contributed by atoms with Gasteiger partial charge in [0.25, 0.3) is 6.43 Å². The molecule has 26 heavy (non-hydrogen) atoms. The first-order valence-corrected chi connectivity index (χ1v) is 7.64. The number of nitrogens with zero attached hydrogens (tertiary/aromatic N) is 2. The van der Waals surface area contributed by atoms with Crippen molar-refractivity contribution in [1.82, 2.24) is 15.0 Å². The summed E-state index contributed by atoms with van der Waals surface area (Å²) in [5, 5.41) is 0. The second-order valence-corrected chi connectivity index (χ2v) is 5.98. The van der Waals surface area contributed by atoms with E-state index in [0.717, 1.165) is 25.0 Å². The summed E-state index contributed by atoms with van der Waals surface area (Å²) in [6.45, 7) is 0. The smallest absolute Gasteiger partial charge is 0.407 e. The van der Waals surface area contributed by atoms with Crippen LogP contribution in [0.4, 0.5) is 22.0 Å². The molecular formula is C16H10F5N3O2. The third-order valence-electron chi connectivity index (χ3n) is 4.16. The Morgan fingerprint density at radius 2 is 1.96 bits per heavy atom. The van der Waals surface area contributed by atoms with Gasteiger partial charge in [-0.3, -0.25) is 9.97 Å². The lowest BCUT2D eigenvalue weighted by atomic mass is 10.1. The number of nitrogens with one attached hydrogen (secondary N) is 1. The van der Waals surface area contributed by atoms with Gasteiger partial charge in [-0.05, 0) is 25.0 Å². The highest BCUT2D eigenvalue weighted by atomic mass is 19.4. The summed E-state index contributed by atoms with van der Waals surface area (Å²) in [6.07, 6.45) is -4.91. The molecule has 0 radical (unpaired) electrons. The normalized spacial score (nSPS) is 15.2. The summed E-state index contributed by atoms with van der Waals surface area (Å²) < 4.78 is 70.7. The molecule has 136 valence electrons. The van der Waals surface area contributed by atoms with Crippen LogP contribution in [0.5, 0.6) is 0 Å². The van der Waals surface area contributed by atoms with Gasteiger partial charge in [0.1, 0.15) is 11.2 Å². The number of aromatic amines is 1. The fourth-order valence-electron chi connectivity index (χ4n) is 2.85. The second kappa shape index (κ2) is 5.61. The summed E-state index contributed by atoms with van der Waals surface area (Å²) >= 11 is 0. The Kier molecular flexibility index (Phi) is 3.60. The van der Waals surface area contributed by atoms with Crippen LogP contribution in [0.25, 0.3) is 22.4 Å². The second-order valence-electron chi connectivity index (χ2n) is 5.98. The molecule has 0 bridgehead atoms. The molecule has 5 nitrogen and oxygen atoms in total. The molecule has 3 aromatic rings. The summed E-state index contributed by atoms with van der Waals surface area (Å²) in [6, 6.07) is 1.76. The highest BCUT2D eigenvalue weighted by Crippen LogP contribution is 2.43. The third kappa shape index (κ3) is 2.74. The molecular weight excluding hydrogens is 361 g/mol. The van der Waals surface area contributed by atoms with E-state index in [4.69, 9.17) is 4.42 Å². The number of benzene rings is 1. The molecule has 1 N–H and O–H groups in total. The fraction of sp³-hybridized carbons (Fsp3) is 0.312. The van der Waals surface area contributed by atoms with Crippen LogP contribution in [0.2, 0.25) is 0 Å². The van der Waals surface area contributed by atoms with Crippen molar-refractivity contribution in [3.63, 3.8) is 0 Å². The van der Waals surface area contributed by atoms with Crippen molar-refractivity contribution < 1.29 is 26.4 Å². The van der Waals surface area contributed by atoms with E-state index < -0.39 is 40.7 Å². The van der Waals surface area contributed by atoms with Gasteiger partial charge in [-0.1, -0.05) is 0 Å². The van der Waals surface area contributed by atoms with Gasteiger partial charge in [-0.15, -0.1) is 0 Å². The van der Waals surface area contributed by atoms with E-state index in [1.807, 2.05) is 4.98 Å². The van der Waals surface area contributed by atoms with Crippen molar-refractivity contribution in [2.45, 2.75) is 31.4 Å². The Hall–Kier alpha value is -2.78. The van der Waals surface area contributed by atoms with Gasteiger partial charge in [0.2, 0.25) is 0 Å². The van der Waals surface area contributed by atoms with Gasteiger partial charge in [-0.2, -0.15) is 13.2 Å². The van der Waals surface area contributed by atoms with Crippen molar-refractivity contribution in [2.75, 3.05) is 0 Å². The lowest BCUT2D eigenvalue weighted by Gasteiger charge is -2.11. The van der Waals surface area contributed by atoms with Gasteiger partial charge in [0.15, 0.2) is 5.58 Å². The molecule has 1 aliphatic carbocycles. The van der Waals surface area contributed by atoms with Gasteiger partial charge in [0, 0.05) is 11.5 Å². The molecule has 1 saturated carbocycles. The van der Waals surface area contributed by atoms with Crippen molar-refractivity contribution in [1.29, 1.82) is 0 Å². The maximum atomic E-state index is 13.3. The molecule has 10 heteroatoms. The predicted molar refractivity (Wildman–Crippen MR) is 79.8 cm³/mol. The fourth-order valence-corrected chi connectivity index (χ4v) is 2.85. The van der Waals surface area contributed by atoms with Crippen molar-refractivity contribution >= 4 is 11.1 Å². The first-order chi connectivity index (χ1) is 12.3. The maximum Gasteiger partial charge on any atom is 0.418 e. The average molecular weight is 371 g/mol. The minimum atomic E-state index is -4.72. The molecule has 1 aliphatic rings. The number of H-pyrrole nitrogens is 1. The summed E-state index contributed by atoms with van der Waals surface area (Å²) in [5.41, 5.74) is -2.49. The molecule has 0 saturated heterocycles. The Bertz CT molecular complexity index is 1050. The monoisotopic (exact) mass is 371 g/mol. The summed E-state index contributed by atoms with van der Waals surface area (Å²) in [5.74, 6) is -1.16. The minimum Gasteiger partial charge on any atom is -0.407 e. The van der Waals surface area contributed by atoms with Gasteiger partial charge >= 0.3 is 11.9 Å². The van der Waals surface area contributed by atoms with E-state index in [2.05, 4.69) is 9.97 Å². The first-order valence-electron chi connectivity index (χ1n) is 7.64. The number of alkyl halides is 5. The number of hydrogen-bond acceptors (Lipinski definition) is 4. The first kappa shape index (κ1) is 16.7. The zero-order valence-corrected chi connectivity index (χ0v) is 12.9. The van der Waals surface area contributed by atoms with E-state index >= 15 is 0 Å². The molecule has 0 aliphatic heterocycles. The van der Waals surface area contributed by atoms with E-state index in [-0.39, 0.29) is 22.9 Å². The summed E-state index contributed by atoms with van der Waals surface area (Å²) in [7, 11) is 0. The number of halogens is 5. The van der Waals surface area contributed by atoms with E-state index in [0.29, 0.717) is 0 Å². The number of rotatable bonds is 3. The molecule has 0 atom stereocenters. The molecule has 0 amide bonds. The molecule has 1 fully saturated rings. The average Bonchev–Trinajstić information content (AvgIpc) is 3.33. The Balaban J connectivity index is 1.93. The number of fused-ring (bicyclic) bond motifs is 1. The molecule has 0 spiro atoms. The van der Waals surface area contributed by atoms with Crippen LogP contribution in [-0.4, -0.2) is 15.0 Å². The van der Waals surface area contributed by atoms with Crippen LogP contribution in [0, 0.1) is 0 Å². The van der Waals surface area contributed by atoms with E-state index in [1.54, 1.807) is 0 Å². The highest BCUT2D eigenvalue weighted by Gasteiger charge is 2.35. The van der Waals surface area contributed by atoms with Crippen molar-refractivity contribution in [3.05, 3.63) is 45.8 Å². The molecule has 4 rings (SSSR count). The van der Waals surface area contributed by atoms with Crippen molar-refractivity contribution in [2.24, 2.45) is 0 Å². The van der Waals surface area contributed by atoms with Gasteiger partial charge < -0.3 is 4.42 Å². The Labute approximate surface area is 141 Å². The molecule has 2 heterocycles. The van der Waals surface area contributed by atoms with E-state index in [1.165, 1.54) is 6.20 Å². The predicted octanol–water partition coefficient (Wildman–Crippen LogP) is 4.41. The highest BCUT2D eigenvalue weighted by molar-refractivity contribution is 5.91. The number of oxazole rings is 1. The molecule has 2 aromatic heterocycles. The van der Waals surface area contributed by atoms with Crippen LogP contribution >= 0.6 is 0 Å². The summed E-state index contributed by atoms with van der Waals surface area (Å²) in [4.78, 5) is 21.3. The lowest BCUT2D eigenvalue weighted by molar-refractivity contribution is -0.136. The zero-order chi connectivity index (χ0) is 18.6. The van der Waals surface area contributed by atoms with E-state index in [9.17, 15) is 26.7 Å². The maximum absolute atomic E-state index is 13.3. The van der Waals surface area contributed by atoms with Crippen molar-refractivity contribution in [3.8, 4) is 11.3 Å². The topological polar surface area (TPSA) is 71.8 Å². The van der Waals surface area contributed by atoms with Crippen LogP contribution in [0.1, 0.15) is 42.1 Å². The standard InChI is InChI=1S/C16H10F5N3O2/c17-14(18)12-10(6-1-2-6)22-5-9(23-12)7-3-4-8(16(19,20)21)11-13(7)26-15(25)24-11/h3-6,14H,1-2H2,(H,24,25). The third-order valence-corrected chi connectivity index (χ3v) is 4.16. The minimum absolute atomic E-state index is 0.0249. The molecule has 0 unspecified atom stereocenters. The van der Waals surface area contributed by atoms with Crippen LogP contribution in [0.15, 0.2) is 27.5 Å². The van der Waals surface area contributed by atoms with Gasteiger partial charge in [0.05, 0.1) is 23.1 Å². The zero-order valence-electron chi connectivity index (χ0n) is 12.9.